The van der Waals surface area contributed by atoms with Crippen LogP contribution in [0, 0.1) is 16.7 Å². The van der Waals surface area contributed by atoms with Crippen molar-refractivity contribution in [2.75, 3.05) is 0 Å². The normalized spacial score (nSPS) is 21.6. The molecular weight excluding hydrogens is 212 g/mol. The number of rotatable bonds is 4. The van der Waals surface area contributed by atoms with Crippen molar-refractivity contribution in [2.24, 2.45) is 16.7 Å². The van der Waals surface area contributed by atoms with Gasteiger partial charge in [-0.3, -0.25) is 4.79 Å². The summed E-state index contributed by atoms with van der Waals surface area (Å²) < 4.78 is 0. The molecule has 0 spiro atoms. The number of hydrogen-bond donors (Lipinski definition) is 1. The molecule has 1 aliphatic rings. The molecule has 1 unspecified atom stereocenters. The second-order valence-electron chi connectivity index (χ2n) is 6.16. The number of aliphatic carboxylic acids is 1. The predicted molar refractivity (Wildman–Crippen MR) is 69.8 cm³/mol. The lowest BCUT2D eigenvalue weighted by molar-refractivity contribution is -0.136. The summed E-state index contributed by atoms with van der Waals surface area (Å²) in [5.74, 6) is -0.463. The first-order chi connectivity index (χ1) is 7.64. The van der Waals surface area contributed by atoms with Gasteiger partial charge in [0.25, 0.3) is 0 Å². The highest BCUT2D eigenvalue weighted by Gasteiger charge is 2.60. The third-order valence-corrected chi connectivity index (χ3v) is 4.58. The lowest BCUT2D eigenvalue weighted by atomic mass is 9.96. The molecule has 0 radical (unpaired) electrons. The van der Waals surface area contributed by atoms with Gasteiger partial charge in [0.1, 0.15) is 0 Å². The predicted octanol–water partition coefficient (Wildman–Crippen LogP) is 4.02. The van der Waals surface area contributed by atoms with Crippen LogP contribution in [-0.4, -0.2) is 11.1 Å². The topological polar surface area (TPSA) is 37.3 Å². The van der Waals surface area contributed by atoms with E-state index in [9.17, 15) is 4.79 Å². The van der Waals surface area contributed by atoms with Crippen molar-refractivity contribution in [1.29, 1.82) is 0 Å². The van der Waals surface area contributed by atoms with Gasteiger partial charge in [-0.05, 0) is 23.5 Å². The molecule has 0 aromatic rings. The van der Waals surface area contributed by atoms with E-state index in [1.807, 2.05) is 0 Å². The van der Waals surface area contributed by atoms with Crippen molar-refractivity contribution < 1.29 is 9.90 Å². The molecule has 0 aromatic heterocycles. The van der Waals surface area contributed by atoms with Crippen LogP contribution in [0.3, 0.4) is 0 Å². The van der Waals surface area contributed by atoms with Crippen LogP contribution >= 0.6 is 0 Å². The maximum absolute atomic E-state index is 10.9. The van der Waals surface area contributed by atoms with Crippen LogP contribution in [0.15, 0.2) is 16.9 Å². The van der Waals surface area contributed by atoms with E-state index in [1.54, 1.807) is 0 Å². The molecule has 1 N–H and O–H groups in total. The summed E-state index contributed by atoms with van der Waals surface area (Å²) in [6.45, 7) is 13.0. The van der Waals surface area contributed by atoms with Gasteiger partial charge >= 0.3 is 5.97 Å². The Morgan fingerprint density at radius 1 is 1.29 bits per heavy atom. The Kier molecular flexibility index (Phi) is 3.59. The highest BCUT2D eigenvalue weighted by molar-refractivity contribution is 5.70. The molecule has 1 saturated carbocycles. The Morgan fingerprint density at radius 2 is 1.76 bits per heavy atom. The van der Waals surface area contributed by atoms with Gasteiger partial charge in [-0.15, -0.1) is 5.73 Å². The van der Waals surface area contributed by atoms with Gasteiger partial charge < -0.3 is 5.11 Å². The zero-order valence-corrected chi connectivity index (χ0v) is 11.8. The fourth-order valence-corrected chi connectivity index (χ4v) is 2.26. The molecule has 0 heterocycles. The summed E-state index contributed by atoms with van der Waals surface area (Å²) in [5.41, 5.74) is 5.92. The average Bonchev–Trinajstić information content (AvgIpc) is 2.57. The first kappa shape index (κ1) is 14.1. The summed E-state index contributed by atoms with van der Waals surface area (Å²) in [4.78, 5) is 10.9. The van der Waals surface area contributed by atoms with Crippen molar-refractivity contribution in [3.05, 3.63) is 16.9 Å². The van der Waals surface area contributed by atoms with E-state index in [0.29, 0.717) is 5.92 Å². The zero-order chi connectivity index (χ0) is 13.4. The molecule has 2 nitrogen and oxygen atoms in total. The number of carboxylic acid groups (broad SMARTS) is 1. The monoisotopic (exact) mass is 236 g/mol. The number of carbonyl (C=O) groups is 1. The van der Waals surface area contributed by atoms with Crippen LogP contribution in [0.2, 0.25) is 0 Å². The van der Waals surface area contributed by atoms with E-state index in [2.05, 4.69) is 47.3 Å². The first-order valence-corrected chi connectivity index (χ1v) is 6.37. The molecule has 96 valence electrons. The van der Waals surface area contributed by atoms with Crippen molar-refractivity contribution >= 4 is 5.97 Å². The first-order valence-electron chi connectivity index (χ1n) is 6.37. The summed E-state index contributed by atoms with van der Waals surface area (Å²) in [7, 11) is 0. The van der Waals surface area contributed by atoms with E-state index in [-0.39, 0.29) is 17.3 Å². The minimum Gasteiger partial charge on any atom is -0.481 e. The molecule has 1 aliphatic carbocycles. The SMILES string of the molecule is CCC(C)C(=C=C1C(C)(C)C1(C)C)CC(=O)O. The third kappa shape index (κ3) is 2.47. The Balaban J connectivity index is 3.16. The van der Waals surface area contributed by atoms with Gasteiger partial charge in [-0.25, -0.2) is 0 Å². The second kappa shape index (κ2) is 4.34. The summed E-state index contributed by atoms with van der Waals surface area (Å²) in [6, 6.07) is 0. The van der Waals surface area contributed by atoms with Crippen molar-refractivity contribution in [2.45, 2.75) is 54.4 Å². The van der Waals surface area contributed by atoms with Gasteiger partial charge in [0.2, 0.25) is 0 Å². The summed E-state index contributed by atoms with van der Waals surface area (Å²) in [5, 5.41) is 8.95. The average molecular weight is 236 g/mol. The van der Waals surface area contributed by atoms with Crippen LogP contribution in [0.25, 0.3) is 0 Å². The fourth-order valence-electron chi connectivity index (χ4n) is 2.26. The Hall–Kier alpha value is -1.01. The molecule has 0 amide bonds. The Bertz CT molecular complexity index is 377. The zero-order valence-electron chi connectivity index (χ0n) is 11.8. The van der Waals surface area contributed by atoms with E-state index in [4.69, 9.17) is 5.11 Å². The van der Waals surface area contributed by atoms with E-state index in [0.717, 1.165) is 12.0 Å². The molecule has 2 heteroatoms. The molecule has 0 saturated heterocycles. The molecular formula is C15H24O2. The second-order valence-corrected chi connectivity index (χ2v) is 6.16. The van der Waals surface area contributed by atoms with Gasteiger partial charge in [0.05, 0.1) is 6.42 Å². The molecule has 0 aromatic carbocycles. The van der Waals surface area contributed by atoms with Crippen LogP contribution in [0.4, 0.5) is 0 Å². The van der Waals surface area contributed by atoms with Gasteiger partial charge in [0.15, 0.2) is 0 Å². The summed E-state index contributed by atoms with van der Waals surface area (Å²) in [6.07, 6.45) is 1.08. The molecule has 17 heavy (non-hydrogen) atoms. The lowest BCUT2D eigenvalue weighted by Gasteiger charge is -2.09. The quantitative estimate of drug-likeness (QED) is 0.748. The van der Waals surface area contributed by atoms with Crippen molar-refractivity contribution in [1.82, 2.24) is 0 Å². The maximum atomic E-state index is 10.9. The van der Waals surface area contributed by atoms with Crippen LogP contribution in [0.1, 0.15) is 54.4 Å². The van der Waals surface area contributed by atoms with Crippen molar-refractivity contribution in [3.8, 4) is 0 Å². The summed E-state index contributed by atoms with van der Waals surface area (Å²) >= 11 is 0. The van der Waals surface area contributed by atoms with E-state index >= 15 is 0 Å². The molecule has 1 rings (SSSR count). The Morgan fingerprint density at radius 3 is 2.06 bits per heavy atom. The Labute approximate surface area is 104 Å². The van der Waals surface area contributed by atoms with Crippen LogP contribution < -0.4 is 0 Å². The lowest BCUT2D eigenvalue weighted by Crippen LogP contribution is -2.04. The highest BCUT2D eigenvalue weighted by atomic mass is 16.4. The van der Waals surface area contributed by atoms with Gasteiger partial charge in [-0.1, -0.05) is 41.5 Å². The molecule has 1 fully saturated rings. The third-order valence-electron chi connectivity index (χ3n) is 4.58. The standard InChI is InChI=1S/C15H24O2/c1-7-10(2)11(9-13(16)17)8-12-14(3,4)15(12,5)6/h10H,7,9H2,1-6H3,(H,16,17). The minimum absolute atomic E-state index is 0.116. The minimum atomic E-state index is -0.760. The van der Waals surface area contributed by atoms with E-state index in [1.165, 1.54) is 5.57 Å². The fraction of sp³-hybridized carbons (Fsp3) is 0.733. The molecule has 1 atom stereocenters. The highest BCUT2D eigenvalue weighted by Crippen LogP contribution is 2.67. The molecule has 0 bridgehead atoms. The van der Waals surface area contributed by atoms with Gasteiger partial charge in [-0.2, -0.15) is 0 Å². The largest absolute Gasteiger partial charge is 0.481 e. The van der Waals surface area contributed by atoms with Crippen LogP contribution in [0.5, 0.6) is 0 Å². The van der Waals surface area contributed by atoms with Crippen molar-refractivity contribution in [3.63, 3.8) is 0 Å². The van der Waals surface area contributed by atoms with Crippen LogP contribution in [-0.2, 0) is 4.79 Å². The number of hydrogen-bond acceptors (Lipinski definition) is 1. The maximum Gasteiger partial charge on any atom is 0.308 e. The smallest absolute Gasteiger partial charge is 0.308 e. The number of carboxylic acids is 1. The molecule has 0 aliphatic heterocycles. The van der Waals surface area contributed by atoms with Gasteiger partial charge in [0, 0.05) is 10.8 Å². The van der Waals surface area contributed by atoms with E-state index < -0.39 is 5.97 Å².